The van der Waals surface area contributed by atoms with Crippen LogP contribution in [0, 0.1) is 0 Å². The van der Waals surface area contributed by atoms with E-state index in [1.807, 2.05) is 18.2 Å². The van der Waals surface area contributed by atoms with Crippen LogP contribution in [0.3, 0.4) is 0 Å². The quantitative estimate of drug-likeness (QED) is 0.416. The fraction of sp³-hybridized carbons (Fsp3) is 0.0588. The molecule has 0 atom stereocenters. The Kier molecular flexibility index (Phi) is 4.56. The Morgan fingerprint density at radius 1 is 1.08 bits per heavy atom. The van der Waals surface area contributed by atoms with Gasteiger partial charge in [0.2, 0.25) is 5.89 Å². The molecule has 0 aliphatic carbocycles. The zero-order chi connectivity index (χ0) is 17.4. The molecule has 126 valence electrons. The average molecular weight is 411 g/mol. The predicted octanol–water partition coefficient (Wildman–Crippen LogP) is 6.52. The van der Waals surface area contributed by atoms with Gasteiger partial charge in [-0.05, 0) is 36.4 Å². The lowest BCUT2D eigenvalue weighted by molar-refractivity contribution is 0.620. The van der Waals surface area contributed by atoms with Gasteiger partial charge in [0.15, 0.2) is 10.0 Å². The first-order chi connectivity index (χ1) is 12.1. The van der Waals surface area contributed by atoms with Crippen molar-refractivity contribution in [2.24, 2.45) is 0 Å². The van der Waals surface area contributed by atoms with E-state index in [0.29, 0.717) is 38.1 Å². The summed E-state index contributed by atoms with van der Waals surface area (Å²) in [5.74, 6) is 0.461. The van der Waals surface area contributed by atoms with Crippen LogP contribution in [0.25, 0.3) is 22.6 Å². The van der Waals surface area contributed by atoms with Gasteiger partial charge < -0.3 is 9.73 Å². The first kappa shape index (κ1) is 16.7. The molecule has 0 amide bonds. The van der Waals surface area contributed by atoms with Crippen LogP contribution in [-0.2, 0) is 6.54 Å². The summed E-state index contributed by atoms with van der Waals surface area (Å²) in [6.07, 6.45) is 1.76. The van der Waals surface area contributed by atoms with E-state index >= 15 is 0 Å². The van der Waals surface area contributed by atoms with Crippen LogP contribution < -0.4 is 5.32 Å². The van der Waals surface area contributed by atoms with Gasteiger partial charge in [0, 0.05) is 21.8 Å². The third kappa shape index (κ3) is 3.60. The zero-order valence-electron chi connectivity index (χ0n) is 12.6. The molecule has 2 heterocycles. The Morgan fingerprint density at radius 3 is 2.72 bits per heavy atom. The fourth-order valence-electron chi connectivity index (χ4n) is 2.37. The molecule has 0 fully saturated rings. The van der Waals surface area contributed by atoms with Gasteiger partial charge >= 0.3 is 0 Å². The van der Waals surface area contributed by atoms with Crippen molar-refractivity contribution < 1.29 is 4.42 Å². The van der Waals surface area contributed by atoms with Crippen molar-refractivity contribution >= 4 is 62.9 Å². The number of halogens is 3. The molecule has 1 N–H and O–H groups in total. The Hall–Kier alpha value is -1.79. The second-order valence-corrected chi connectivity index (χ2v) is 7.80. The molecule has 2 aromatic carbocycles. The van der Waals surface area contributed by atoms with Gasteiger partial charge in [-0.25, -0.2) is 9.97 Å². The van der Waals surface area contributed by atoms with Crippen LogP contribution in [0.2, 0.25) is 14.5 Å². The maximum atomic E-state index is 6.23. The second kappa shape index (κ2) is 6.84. The molecular weight excluding hydrogens is 401 g/mol. The van der Waals surface area contributed by atoms with E-state index in [1.165, 1.54) is 11.3 Å². The van der Waals surface area contributed by atoms with Gasteiger partial charge in [0.05, 0.1) is 17.1 Å². The number of aromatic nitrogens is 2. The number of hydrogen-bond donors (Lipinski definition) is 1. The number of oxazole rings is 1. The molecule has 2 aromatic heterocycles. The minimum absolute atomic E-state index is 0.461. The minimum Gasteiger partial charge on any atom is -0.436 e. The van der Waals surface area contributed by atoms with Gasteiger partial charge in [-0.15, -0.1) is 11.3 Å². The molecule has 8 heteroatoms. The number of hydrogen-bond acceptors (Lipinski definition) is 5. The molecule has 0 radical (unpaired) electrons. The van der Waals surface area contributed by atoms with Crippen LogP contribution in [0.5, 0.6) is 0 Å². The fourth-order valence-corrected chi connectivity index (χ4v) is 3.78. The Balaban J connectivity index is 1.60. The Labute approximate surface area is 162 Å². The van der Waals surface area contributed by atoms with Crippen LogP contribution in [0.15, 0.2) is 47.0 Å². The molecular formula is C17H10Cl3N3OS. The summed E-state index contributed by atoms with van der Waals surface area (Å²) in [6.45, 7) is 0.642. The van der Waals surface area contributed by atoms with E-state index in [0.717, 1.165) is 16.1 Å². The normalized spacial score (nSPS) is 11.2. The number of benzene rings is 2. The minimum atomic E-state index is 0.461. The molecule has 4 rings (SSSR count). The summed E-state index contributed by atoms with van der Waals surface area (Å²) < 4.78 is 6.34. The molecule has 0 saturated heterocycles. The van der Waals surface area contributed by atoms with Crippen molar-refractivity contribution in [1.82, 2.24) is 9.97 Å². The molecule has 25 heavy (non-hydrogen) atoms. The van der Waals surface area contributed by atoms with E-state index < -0.39 is 0 Å². The lowest BCUT2D eigenvalue weighted by Gasteiger charge is -2.03. The van der Waals surface area contributed by atoms with Gasteiger partial charge in [-0.2, -0.15) is 0 Å². The number of anilines is 1. The summed E-state index contributed by atoms with van der Waals surface area (Å²) in [4.78, 5) is 9.61. The maximum Gasteiger partial charge on any atom is 0.228 e. The zero-order valence-corrected chi connectivity index (χ0v) is 15.7. The van der Waals surface area contributed by atoms with Crippen molar-refractivity contribution in [2.45, 2.75) is 6.54 Å². The molecule has 0 aliphatic rings. The van der Waals surface area contributed by atoms with Crippen molar-refractivity contribution in [3.8, 4) is 11.5 Å². The second-order valence-electron chi connectivity index (χ2n) is 5.26. The number of thiazole rings is 1. The van der Waals surface area contributed by atoms with Crippen molar-refractivity contribution in [3.63, 3.8) is 0 Å². The van der Waals surface area contributed by atoms with Crippen molar-refractivity contribution in [2.75, 3.05) is 5.32 Å². The summed E-state index contributed by atoms with van der Waals surface area (Å²) in [7, 11) is 0. The number of nitrogens with one attached hydrogen (secondary N) is 1. The topological polar surface area (TPSA) is 51.0 Å². The van der Waals surface area contributed by atoms with Crippen LogP contribution in [0.4, 0.5) is 5.69 Å². The van der Waals surface area contributed by atoms with E-state index in [1.54, 1.807) is 24.4 Å². The van der Waals surface area contributed by atoms with Gasteiger partial charge in [-0.1, -0.05) is 34.8 Å². The average Bonchev–Trinajstić information content (AvgIpc) is 3.18. The summed E-state index contributed by atoms with van der Waals surface area (Å²) in [5, 5.41) is 4.39. The molecule has 0 unspecified atom stereocenters. The molecule has 0 bridgehead atoms. The van der Waals surface area contributed by atoms with Gasteiger partial charge in [-0.3, -0.25) is 0 Å². The predicted molar refractivity (Wildman–Crippen MR) is 104 cm³/mol. The molecule has 4 nitrogen and oxygen atoms in total. The number of rotatable bonds is 4. The Bertz CT molecular complexity index is 1060. The monoisotopic (exact) mass is 409 g/mol. The van der Waals surface area contributed by atoms with E-state index in [2.05, 4.69) is 15.3 Å². The molecule has 0 aliphatic heterocycles. The van der Waals surface area contributed by atoms with Gasteiger partial charge in [0.1, 0.15) is 5.52 Å². The summed E-state index contributed by atoms with van der Waals surface area (Å²) in [6, 6.07) is 10.9. The lowest BCUT2D eigenvalue weighted by Crippen LogP contribution is -1.96. The summed E-state index contributed by atoms with van der Waals surface area (Å²) in [5.41, 5.74) is 3.07. The van der Waals surface area contributed by atoms with Crippen LogP contribution >= 0.6 is 46.1 Å². The first-order valence-corrected chi connectivity index (χ1v) is 9.23. The Morgan fingerprint density at radius 2 is 1.96 bits per heavy atom. The largest absolute Gasteiger partial charge is 0.436 e. The number of fused-ring (bicyclic) bond motifs is 1. The lowest BCUT2D eigenvalue weighted by atomic mass is 10.2. The van der Waals surface area contributed by atoms with E-state index in [9.17, 15) is 0 Å². The maximum absolute atomic E-state index is 6.23. The number of nitrogens with zero attached hydrogens (tertiary/aromatic N) is 2. The highest BCUT2D eigenvalue weighted by atomic mass is 35.5. The highest BCUT2D eigenvalue weighted by Gasteiger charge is 2.12. The van der Waals surface area contributed by atoms with Crippen LogP contribution in [0.1, 0.15) is 4.88 Å². The summed E-state index contributed by atoms with van der Waals surface area (Å²) >= 11 is 19.5. The van der Waals surface area contributed by atoms with Crippen molar-refractivity contribution in [3.05, 3.63) is 62.0 Å². The third-order valence-electron chi connectivity index (χ3n) is 3.54. The van der Waals surface area contributed by atoms with E-state index in [4.69, 9.17) is 39.2 Å². The molecule has 0 saturated carbocycles. The smallest absolute Gasteiger partial charge is 0.228 e. The SMILES string of the molecule is Clc1ccc(-c2nc3cc(NCc4cnc(Cl)s4)ccc3o2)c(Cl)c1. The molecule has 4 aromatic rings. The third-order valence-corrected chi connectivity index (χ3v) is 5.20. The highest BCUT2D eigenvalue weighted by molar-refractivity contribution is 7.15. The first-order valence-electron chi connectivity index (χ1n) is 7.28. The highest BCUT2D eigenvalue weighted by Crippen LogP contribution is 2.32. The van der Waals surface area contributed by atoms with Crippen molar-refractivity contribution in [1.29, 1.82) is 0 Å². The van der Waals surface area contributed by atoms with Crippen LogP contribution in [-0.4, -0.2) is 9.97 Å². The van der Waals surface area contributed by atoms with E-state index in [-0.39, 0.29) is 0 Å². The molecule has 0 spiro atoms. The van der Waals surface area contributed by atoms with Gasteiger partial charge in [0.25, 0.3) is 0 Å². The standard InChI is InChI=1S/C17H10Cl3N3OS/c18-9-1-3-12(13(19)5-9)16-23-14-6-10(2-4-15(14)24-16)21-7-11-8-22-17(20)25-11/h1-6,8,21H,7H2.